The number of nitrogens with zero attached hydrogens (tertiary/aromatic N) is 4. The zero-order chi connectivity index (χ0) is 16.8. The van der Waals surface area contributed by atoms with Gasteiger partial charge in [-0.3, -0.25) is 9.59 Å². The number of ether oxygens (including phenoxy) is 1. The second-order valence-electron chi connectivity index (χ2n) is 4.95. The van der Waals surface area contributed by atoms with Crippen LogP contribution in [-0.4, -0.2) is 44.7 Å². The molecule has 0 aromatic carbocycles. The zero-order valence-corrected chi connectivity index (χ0v) is 13.7. The maximum Gasteiger partial charge on any atom is 0.328 e. The Hall–Kier alpha value is -2.44. The summed E-state index contributed by atoms with van der Waals surface area (Å²) in [4.78, 5) is 30.5. The summed E-state index contributed by atoms with van der Waals surface area (Å²) in [5.41, 5.74) is 2.84. The predicted octanol–water partition coefficient (Wildman–Crippen LogP) is 1.82. The van der Waals surface area contributed by atoms with E-state index >= 15 is 0 Å². The number of ketones is 1. The van der Waals surface area contributed by atoms with Gasteiger partial charge in [0.2, 0.25) is 0 Å². The summed E-state index contributed by atoms with van der Waals surface area (Å²) >= 11 is 4.37. The van der Waals surface area contributed by atoms with Gasteiger partial charge in [-0.15, -0.1) is 0 Å². The number of Topliss-reactive ketones (excluding diaryl/α,β-unsaturated/α-hetero) is 1. The van der Waals surface area contributed by atoms with Crippen LogP contribution in [0.1, 0.15) is 35.1 Å². The molecule has 8 heteroatoms. The first-order valence-corrected chi connectivity index (χ1v) is 7.48. The Morgan fingerprint density at radius 1 is 1.48 bits per heavy atom. The third-order valence-corrected chi connectivity index (χ3v) is 3.40. The van der Waals surface area contributed by atoms with Crippen LogP contribution in [0.3, 0.4) is 0 Å². The van der Waals surface area contributed by atoms with Crippen LogP contribution in [0, 0.1) is 6.92 Å². The van der Waals surface area contributed by atoms with E-state index in [0.29, 0.717) is 24.1 Å². The molecule has 2 aromatic heterocycles. The number of rotatable bonds is 7. The predicted molar refractivity (Wildman–Crippen MR) is 86.9 cm³/mol. The minimum absolute atomic E-state index is 0.0418. The van der Waals surface area contributed by atoms with Gasteiger partial charge in [0.25, 0.3) is 0 Å². The van der Waals surface area contributed by atoms with Gasteiger partial charge in [0, 0.05) is 12.3 Å². The number of hydrogen-bond acceptors (Lipinski definition) is 7. The van der Waals surface area contributed by atoms with Crippen molar-refractivity contribution in [3.8, 4) is 0 Å². The van der Waals surface area contributed by atoms with Crippen LogP contribution >= 0.6 is 12.2 Å². The van der Waals surface area contributed by atoms with E-state index in [1.54, 1.807) is 10.7 Å². The van der Waals surface area contributed by atoms with Gasteiger partial charge in [0.15, 0.2) is 11.4 Å². The highest BCUT2D eigenvalue weighted by Gasteiger charge is 2.11. The molecule has 0 bridgehead atoms. The highest BCUT2D eigenvalue weighted by atomic mass is 32.1. The fourth-order valence-corrected chi connectivity index (χ4v) is 2.21. The Labute approximate surface area is 138 Å². The Balaban J connectivity index is 1.96. The van der Waals surface area contributed by atoms with Gasteiger partial charge < -0.3 is 4.74 Å². The Bertz CT molecular complexity index is 793. The molecule has 0 atom stereocenters. The summed E-state index contributed by atoms with van der Waals surface area (Å²) in [6.45, 7) is 3.52. The molecule has 0 saturated carbocycles. The molecule has 120 valence electrons. The third-order valence-electron chi connectivity index (χ3n) is 3.27. The smallest absolute Gasteiger partial charge is 0.328 e. The summed E-state index contributed by atoms with van der Waals surface area (Å²) in [6.07, 6.45) is 2.84. The monoisotopic (exact) mass is 332 g/mol. The van der Waals surface area contributed by atoms with Crippen molar-refractivity contribution in [2.75, 3.05) is 13.2 Å². The van der Waals surface area contributed by atoms with Crippen LogP contribution in [0.2, 0.25) is 0 Å². The van der Waals surface area contributed by atoms with Crippen molar-refractivity contribution in [3.05, 3.63) is 29.2 Å². The molecule has 0 saturated heterocycles. The molecule has 0 aliphatic heterocycles. The average Bonchev–Trinajstić information content (AvgIpc) is 2.93. The number of fused-ring (bicyclic) bond motifs is 1. The van der Waals surface area contributed by atoms with E-state index in [2.05, 4.69) is 32.5 Å². The van der Waals surface area contributed by atoms with E-state index in [1.165, 1.54) is 6.92 Å². The largest absolute Gasteiger partial charge is 0.464 e. The molecular weight excluding hydrogens is 316 g/mol. The lowest BCUT2D eigenvalue weighted by atomic mass is 10.2. The minimum atomic E-state index is -0.430. The number of aryl methyl sites for hydroxylation is 2. The van der Waals surface area contributed by atoms with Crippen LogP contribution in [0.15, 0.2) is 17.3 Å². The molecular formula is C15H16N4O3S. The number of thiocarbonyl (C=S) groups is 1. The molecule has 2 heterocycles. The number of aromatic nitrogens is 3. The van der Waals surface area contributed by atoms with Crippen molar-refractivity contribution in [3.63, 3.8) is 0 Å². The third kappa shape index (κ3) is 4.28. The van der Waals surface area contributed by atoms with E-state index in [-0.39, 0.29) is 18.9 Å². The first-order valence-electron chi connectivity index (χ1n) is 7.07. The quantitative estimate of drug-likeness (QED) is 0.253. The van der Waals surface area contributed by atoms with E-state index in [1.807, 2.05) is 13.0 Å². The first kappa shape index (κ1) is 16.9. The summed E-state index contributed by atoms with van der Waals surface area (Å²) in [6, 6.07) is 1.86. The second kappa shape index (κ2) is 7.71. The molecule has 0 aliphatic rings. The van der Waals surface area contributed by atoms with Crippen LogP contribution in [0.25, 0.3) is 5.65 Å². The van der Waals surface area contributed by atoms with Crippen LogP contribution < -0.4 is 0 Å². The molecule has 7 nitrogen and oxygen atoms in total. The lowest BCUT2D eigenvalue weighted by Crippen LogP contribution is -2.09. The molecule has 2 aromatic rings. The Morgan fingerprint density at radius 2 is 2.26 bits per heavy atom. The van der Waals surface area contributed by atoms with Gasteiger partial charge in [-0.2, -0.15) is 5.10 Å². The van der Waals surface area contributed by atoms with E-state index in [4.69, 9.17) is 4.74 Å². The standard InChI is InChI=1S/C15H16N4O3S/c1-10-13(11(2)20)7-17-14-6-12(18-19(10)14)4-3-5-22-15(21)8-16-9-23/h6-7H,3-5,8H2,1-2H3. The number of carbonyl (C=O) groups is 2. The highest BCUT2D eigenvalue weighted by molar-refractivity contribution is 7.78. The normalized spacial score (nSPS) is 10.3. The van der Waals surface area contributed by atoms with Gasteiger partial charge in [0.05, 0.1) is 28.7 Å². The van der Waals surface area contributed by atoms with Gasteiger partial charge in [0.1, 0.15) is 6.54 Å². The number of hydrogen-bond donors (Lipinski definition) is 0. The molecule has 0 unspecified atom stereocenters. The number of aliphatic imine (C=N–C) groups is 1. The van der Waals surface area contributed by atoms with E-state index in [9.17, 15) is 9.59 Å². The highest BCUT2D eigenvalue weighted by Crippen LogP contribution is 2.12. The van der Waals surface area contributed by atoms with Crippen molar-refractivity contribution >= 4 is 34.8 Å². The summed E-state index contributed by atoms with van der Waals surface area (Å²) in [5, 5.41) is 6.55. The van der Waals surface area contributed by atoms with Crippen LogP contribution in [0.5, 0.6) is 0 Å². The zero-order valence-electron chi connectivity index (χ0n) is 12.9. The van der Waals surface area contributed by atoms with Crippen molar-refractivity contribution < 1.29 is 14.3 Å². The van der Waals surface area contributed by atoms with Crippen LogP contribution in [-0.2, 0) is 16.0 Å². The molecule has 0 N–H and O–H groups in total. The van der Waals surface area contributed by atoms with E-state index in [0.717, 1.165) is 11.4 Å². The summed E-state index contributed by atoms with van der Waals surface area (Å²) in [5.74, 6) is -0.471. The molecule has 0 aliphatic carbocycles. The van der Waals surface area contributed by atoms with Gasteiger partial charge in [-0.1, -0.05) is 0 Å². The Morgan fingerprint density at radius 3 is 2.96 bits per heavy atom. The van der Waals surface area contributed by atoms with Gasteiger partial charge in [-0.05, 0) is 38.9 Å². The summed E-state index contributed by atoms with van der Waals surface area (Å²) in [7, 11) is 0. The van der Waals surface area contributed by atoms with Gasteiger partial charge in [-0.25, -0.2) is 14.5 Å². The second-order valence-corrected chi connectivity index (χ2v) is 5.13. The molecule has 0 fully saturated rings. The number of carbonyl (C=O) groups excluding carboxylic acids is 2. The van der Waals surface area contributed by atoms with E-state index < -0.39 is 5.97 Å². The minimum Gasteiger partial charge on any atom is -0.464 e. The number of esters is 1. The van der Waals surface area contributed by atoms with Crippen LogP contribution in [0.4, 0.5) is 0 Å². The fraction of sp³-hybridized carbons (Fsp3) is 0.400. The summed E-state index contributed by atoms with van der Waals surface area (Å²) < 4.78 is 6.66. The maximum absolute atomic E-state index is 11.5. The van der Waals surface area contributed by atoms with Gasteiger partial charge >= 0.3 is 5.97 Å². The lowest BCUT2D eigenvalue weighted by Gasteiger charge is -2.03. The topological polar surface area (TPSA) is 85.9 Å². The molecule has 23 heavy (non-hydrogen) atoms. The SMILES string of the molecule is CC(=O)c1cnc2cc(CCCOC(=O)CN=C=S)nn2c1C. The fourth-order valence-electron chi connectivity index (χ4n) is 2.15. The first-order chi connectivity index (χ1) is 11.0. The van der Waals surface area contributed by atoms with Crippen molar-refractivity contribution in [2.45, 2.75) is 26.7 Å². The lowest BCUT2D eigenvalue weighted by molar-refractivity contribution is -0.141. The number of isothiocyanates is 1. The molecule has 0 radical (unpaired) electrons. The molecule has 2 rings (SSSR count). The van der Waals surface area contributed by atoms with Crippen molar-refractivity contribution in [2.24, 2.45) is 4.99 Å². The molecule has 0 amide bonds. The molecule has 0 spiro atoms. The Kier molecular flexibility index (Phi) is 5.67. The average molecular weight is 332 g/mol. The van der Waals surface area contributed by atoms with Crippen molar-refractivity contribution in [1.29, 1.82) is 0 Å². The van der Waals surface area contributed by atoms with Crippen molar-refractivity contribution in [1.82, 2.24) is 14.6 Å². The maximum atomic E-state index is 11.5.